The van der Waals surface area contributed by atoms with Crippen LogP contribution in [0.2, 0.25) is 0 Å². The van der Waals surface area contributed by atoms with Crippen molar-refractivity contribution in [3.63, 3.8) is 0 Å². The van der Waals surface area contributed by atoms with Gasteiger partial charge in [0.15, 0.2) is 11.5 Å². The quantitative estimate of drug-likeness (QED) is 0.855. The molecule has 2 aromatic rings. The lowest BCUT2D eigenvalue weighted by Gasteiger charge is -2.32. The number of amides is 3. The molecule has 2 heterocycles. The molecule has 2 aliphatic rings. The average Bonchev–Trinajstić information content (AvgIpc) is 2.74. The van der Waals surface area contributed by atoms with E-state index in [0.29, 0.717) is 43.5 Å². The van der Waals surface area contributed by atoms with Gasteiger partial charge in [0, 0.05) is 30.5 Å². The molecule has 0 spiro atoms. The van der Waals surface area contributed by atoms with Gasteiger partial charge >= 0.3 is 6.03 Å². The van der Waals surface area contributed by atoms with Crippen LogP contribution in [0.1, 0.15) is 12.8 Å². The number of fused-ring (bicyclic) bond motifs is 1. The second-order valence-electron chi connectivity index (χ2n) is 6.93. The number of hydrogen-bond acceptors (Lipinski definition) is 4. The molecule has 1 saturated heterocycles. The fourth-order valence-corrected chi connectivity index (χ4v) is 3.47. The molecule has 0 saturated carbocycles. The van der Waals surface area contributed by atoms with Crippen molar-refractivity contribution in [1.82, 2.24) is 4.90 Å². The number of para-hydroxylation sites is 1. The summed E-state index contributed by atoms with van der Waals surface area (Å²) in [5.74, 6) is 0.986. The molecule has 0 aliphatic carbocycles. The number of benzene rings is 2. The van der Waals surface area contributed by atoms with Gasteiger partial charge in [0.05, 0.1) is 5.92 Å². The van der Waals surface area contributed by atoms with Crippen molar-refractivity contribution < 1.29 is 19.1 Å². The highest BCUT2D eigenvalue weighted by molar-refractivity contribution is 5.94. The fraction of sp³-hybridized carbons (Fsp3) is 0.333. The second-order valence-corrected chi connectivity index (χ2v) is 6.93. The third kappa shape index (κ3) is 4.19. The maximum Gasteiger partial charge on any atom is 0.321 e. The standard InChI is InChI=1S/C21H23N3O4/c25-20(22-17-8-9-18-19(13-17)28-12-11-27-18)15-5-4-10-24(14-15)21(26)23-16-6-2-1-3-7-16/h1-3,6-9,13,15H,4-5,10-12,14H2,(H,22,25)(H,23,26)/t15-/m0/s1. The molecule has 0 radical (unpaired) electrons. The van der Waals surface area contributed by atoms with Crippen LogP contribution in [0.15, 0.2) is 48.5 Å². The first-order chi connectivity index (χ1) is 13.7. The summed E-state index contributed by atoms with van der Waals surface area (Å²) in [6.45, 7) is 2.07. The summed E-state index contributed by atoms with van der Waals surface area (Å²) in [7, 11) is 0. The van der Waals surface area contributed by atoms with E-state index in [2.05, 4.69) is 10.6 Å². The van der Waals surface area contributed by atoms with Crippen molar-refractivity contribution in [2.45, 2.75) is 12.8 Å². The van der Waals surface area contributed by atoms with Crippen molar-refractivity contribution in [2.24, 2.45) is 5.92 Å². The summed E-state index contributed by atoms with van der Waals surface area (Å²) in [4.78, 5) is 26.9. The first kappa shape index (κ1) is 18.2. The zero-order valence-electron chi connectivity index (χ0n) is 15.5. The molecular formula is C21H23N3O4. The molecule has 0 unspecified atom stereocenters. The summed E-state index contributed by atoms with van der Waals surface area (Å²) < 4.78 is 11.1. The van der Waals surface area contributed by atoms with Gasteiger partial charge in [-0.3, -0.25) is 4.79 Å². The normalized spacial score (nSPS) is 18.3. The summed E-state index contributed by atoms with van der Waals surface area (Å²) in [5, 5.41) is 5.82. The van der Waals surface area contributed by atoms with E-state index >= 15 is 0 Å². The van der Waals surface area contributed by atoms with Gasteiger partial charge in [-0.1, -0.05) is 18.2 Å². The minimum absolute atomic E-state index is 0.0890. The second kappa shape index (κ2) is 8.21. The summed E-state index contributed by atoms with van der Waals surface area (Å²) >= 11 is 0. The van der Waals surface area contributed by atoms with Crippen LogP contribution in [-0.2, 0) is 4.79 Å². The molecule has 146 valence electrons. The number of anilines is 2. The van der Waals surface area contributed by atoms with Crippen LogP contribution in [0, 0.1) is 5.92 Å². The lowest BCUT2D eigenvalue weighted by atomic mass is 9.97. The maximum atomic E-state index is 12.7. The molecule has 7 heteroatoms. The smallest absolute Gasteiger partial charge is 0.321 e. The van der Waals surface area contributed by atoms with Crippen molar-refractivity contribution in [3.05, 3.63) is 48.5 Å². The van der Waals surface area contributed by atoms with E-state index in [1.54, 1.807) is 23.1 Å². The van der Waals surface area contributed by atoms with Gasteiger partial charge in [0.25, 0.3) is 0 Å². The van der Waals surface area contributed by atoms with E-state index in [4.69, 9.17) is 9.47 Å². The Hall–Kier alpha value is -3.22. The molecule has 0 bridgehead atoms. The number of nitrogens with zero attached hydrogens (tertiary/aromatic N) is 1. The highest BCUT2D eigenvalue weighted by Crippen LogP contribution is 2.33. The van der Waals surface area contributed by atoms with Crippen molar-refractivity contribution in [3.8, 4) is 11.5 Å². The first-order valence-corrected chi connectivity index (χ1v) is 9.50. The van der Waals surface area contributed by atoms with Crippen molar-refractivity contribution in [2.75, 3.05) is 36.9 Å². The maximum absolute atomic E-state index is 12.7. The summed E-state index contributed by atoms with van der Waals surface area (Å²) in [6.07, 6.45) is 1.55. The van der Waals surface area contributed by atoms with E-state index < -0.39 is 0 Å². The lowest BCUT2D eigenvalue weighted by Crippen LogP contribution is -2.45. The molecule has 0 aromatic heterocycles. The Balaban J connectivity index is 1.36. The Bertz CT molecular complexity index is 856. The number of hydrogen-bond donors (Lipinski definition) is 2. The SMILES string of the molecule is O=C(Nc1ccc2c(c1)OCCO2)[C@H]1CCCN(C(=O)Nc2ccccc2)C1. The zero-order valence-corrected chi connectivity index (χ0v) is 15.5. The third-order valence-electron chi connectivity index (χ3n) is 4.91. The highest BCUT2D eigenvalue weighted by Gasteiger charge is 2.28. The van der Waals surface area contributed by atoms with Crippen molar-refractivity contribution >= 4 is 23.3 Å². The van der Waals surface area contributed by atoms with Gasteiger partial charge in [-0.25, -0.2) is 4.79 Å². The van der Waals surface area contributed by atoms with Crippen LogP contribution in [-0.4, -0.2) is 43.1 Å². The third-order valence-corrected chi connectivity index (χ3v) is 4.91. The number of urea groups is 1. The Morgan fingerprint density at radius 2 is 1.71 bits per heavy atom. The van der Waals surface area contributed by atoms with Crippen LogP contribution in [0.3, 0.4) is 0 Å². The molecule has 1 atom stereocenters. The van der Waals surface area contributed by atoms with Gasteiger partial charge in [-0.05, 0) is 37.1 Å². The van der Waals surface area contributed by atoms with Gasteiger partial charge in [0.1, 0.15) is 13.2 Å². The predicted molar refractivity (Wildman–Crippen MR) is 106 cm³/mol. The molecule has 2 aliphatic heterocycles. The molecule has 2 aromatic carbocycles. The fourth-order valence-electron chi connectivity index (χ4n) is 3.47. The lowest BCUT2D eigenvalue weighted by molar-refractivity contribution is -0.121. The van der Waals surface area contributed by atoms with Crippen LogP contribution < -0.4 is 20.1 Å². The molecule has 7 nitrogen and oxygen atoms in total. The number of rotatable bonds is 3. The van der Waals surface area contributed by atoms with Gasteiger partial charge in [-0.2, -0.15) is 0 Å². The largest absolute Gasteiger partial charge is 0.486 e. The minimum atomic E-state index is -0.247. The molecule has 3 amide bonds. The Morgan fingerprint density at radius 1 is 0.929 bits per heavy atom. The number of carbonyl (C=O) groups is 2. The molecule has 28 heavy (non-hydrogen) atoms. The van der Waals surface area contributed by atoms with Crippen molar-refractivity contribution in [1.29, 1.82) is 0 Å². The highest BCUT2D eigenvalue weighted by atomic mass is 16.6. The minimum Gasteiger partial charge on any atom is -0.486 e. The van der Waals surface area contributed by atoms with Gasteiger partial charge in [-0.15, -0.1) is 0 Å². The number of nitrogens with one attached hydrogen (secondary N) is 2. The van der Waals surface area contributed by atoms with E-state index in [0.717, 1.165) is 18.5 Å². The first-order valence-electron chi connectivity index (χ1n) is 9.50. The monoisotopic (exact) mass is 381 g/mol. The number of likely N-dealkylation sites (tertiary alicyclic amines) is 1. The Labute approximate surface area is 163 Å². The van der Waals surface area contributed by atoms with Gasteiger partial charge < -0.3 is 25.0 Å². The number of carbonyl (C=O) groups excluding carboxylic acids is 2. The Kier molecular flexibility index (Phi) is 5.32. The van der Waals surface area contributed by atoms with Crippen LogP contribution in [0.5, 0.6) is 11.5 Å². The molecular weight excluding hydrogens is 358 g/mol. The zero-order chi connectivity index (χ0) is 19.3. The molecule has 4 rings (SSSR count). The van der Waals surface area contributed by atoms with E-state index in [-0.39, 0.29) is 17.9 Å². The van der Waals surface area contributed by atoms with Crippen LogP contribution in [0.4, 0.5) is 16.2 Å². The topological polar surface area (TPSA) is 79.9 Å². The van der Waals surface area contributed by atoms with Crippen LogP contribution in [0.25, 0.3) is 0 Å². The molecule has 1 fully saturated rings. The number of ether oxygens (including phenoxy) is 2. The predicted octanol–water partition coefficient (Wildman–Crippen LogP) is 3.34. The number of piperidine rings is 1. The molecule has 2 N–H and O–H groups in total. The summed E-state index contributed by atoms with van der Waals surface area (Å²) in [6, 6.07) is 14.5. The van der Waals surface area contributed by atoms with Crippen LogP contribution >= 0.6 is 0 Å². The van der Waals surface area contributed by atoms with E-state index in [9.17, 15) is 9.59 Å². The summed E-state index contributed by atoms with van der Waals surface area (Å²) in [5.41, 5.74) is 1.41. The van der Waals surface area contributed by atoms with Gasteiger partial charge in [0.2, 0.25) is 5.91 Å². The average molecular weight is 381 g/mol. The Morgan fingerprint density at radius 3 is 2.54 bits per heavy atom. The van der Waals surface area contributed by atoms with E-state index in [1.165, 1.54) is 0 Å². The van der Waals surface area contributed by atoms with E-state index in [1.807, 2.05) is 30.3 Å².